The predicted molar refractivity (Wildman–Crippen MR) is 125 cm³/mol. The van der Waals surface area contributed by atoms with Gasteiger partial charge in [-0.05, 0) is 30.7 Å². The highest BCUT2D eigenvalue weighted by Crippen LogP contribution is 2.36. The van der Waals surface area contributed by atoms with E-state index in [1.807, 2.05) is 0 Å². The van der Waals surface area contributed by atoms with Crippen LogP contribution in [-0.4, -0.2) is 39.4 Å². The SMILES string of the molecule is C=C(C(=O)Nc1ccccc1CN(CC)C(N)=O)c1c(C(=O)O)[nH]c2cc(Cl)cc(Cl)c12. The number of carbonyl (C=O) groups excluding carboxylic acids is 2. The number of amides is 3. The number of carboxylic acid groups (broad SMARTS) is 1. The molecule has 10 heteroatoms. The Kier molecular flexibility index (Phi) is 6.76. The first-order valence-electron chi connectivity index (χ1n) is 9.50. The molecule has 5 N–H and O–H groups in total. The fourth-order valence-electron chi connectivity index (χ4n) is 3.35. The summed E-state index contributed by atoms with van der Waals surface area (Å²) in [4.78, 5) is 40.6. The van der Waals surface area contributed by atoms with E-state index < -0.39 is 17.9 Å². The molecule has 166 valence electrons. The first-order chi connectivity index (χ1) is 15.1. The first kappa shape index (κ1) is 23.2. The zero-order valence-electron chi connectivity index (χ0n) is 17.0. The molecule has 3 rings (SSSR count). The number of nitrogens with zero attached hydrogens (tertiary/aromatic N) is 1. The number of primary amides is 1. The highest BCUT2D eigenvalue weighted by molar-refractivity contribution is 6.40. The van der Waals surface area contributed by atoms with Crippen molar-refractivity contribution in [2.75, 3.05) is 11.9 Å². The number of fused-ring (bicyclic) bond motifs is 1. The molecule has 0 radical (unpaired) electrons. The lowest BCUT2D eigenvalue weighted by molar-refractivity contribution is -0.111. The average Bonchev–Trinajstić information content (AvgIpc) is 3.12. The van der Waals surface area contributed by atoms with Gasteiger partial charge in [0.05, 0.1) is 5.02 Å². The summed E-state index contributed by atoms with van der Waals surface area (Å²) >= 11 is 12.3. The van der Waals surface area contributed by atoms with Gasteiger partial charge in [-0.25, -0.2) is 9.59 Å². The van der Waals surface area contributed by atoms with Gasteiger partial charge in [-0.2, -0.15) is 0 Å². The summed E-state index contributed by atoms with van der Waals surface area (Å²) in [6.07, 6.45) is 0. The Bertz CT molecular complexity index is 1250. The Labute approximate surface area is 193 Å². The number of aromatic nitrogens is 1. The molecule has 0 saturated carbocycles. The second kappa shape index (κ2) is 9.33. The molecular weight excluding hydrogens is 455 g/mol. The molecule has 0 atom stereocenters. The Morgan fingerprint density at radius 2 is 1.91 bits per heavy atom. The number of benzene rings is 2. The van der Waals surface area contributed by atoms with Crippen LogP contribution in [0.4, 0.5) is 10.5 Å². The van der Waals surface area contributed by atoms with Gasteiger partial charge in [-0.1, -0.05) is 48.0 Å². The number of carboxylic acids is 1. The lowest BCUT2D eigenvalue weighted by Crippen LogP contribution is -2.35. The van der Waals surface area contributed by atoms with Crippen molar-refractivity contribution in [2.45, 2.75) is 13.5 Å². The number of nitrogens with one attached hydrogen (secondary N) is 2. The Hall–Kier alpha value is -3.49. The topological polar surface area (TPSA) is 129 Å². The molecule has 1 aromatic heterocycles. The monoisotopic (exact) mass is 474 g/mol. The number of para-hydroxylation sites is 1. The van der Waals surface area contributed by atoms with Crippen LogP contribution in [0.15, 0.2) is 43.0 Å². The van der Waals surface area contributed by atoms with E-state index in [1.165, 1.54) is 17.0 Å². The summed E-state index contributed by atoms with van der Waals surface area (Å²) < 4.78 is 0. The predicted octanol–water partition coefficient (Wildman–Crippen LogP) is 4.73. The van der Waals surface area contributed by atoms with Gasteiger partial charge in [-0.3, -0.25) is 4.79 Å². The van der Waals surface area contributed by atoms with Crippen LogP contribution in [0, 0.1) is 0 Å². The zero-order chi connectivity index (χ0) is 23.6. The van der Waals surface area contributed by atoms with E-state index >= 15 is 0 Å². The molecule has 0 spiro atoms. The zero-order valence-corrected chi connectivity index (χ0v) is 18.5. The number of H-pyrrole nitrogens is 1. The molecule has 1 heterocycles. The molecule has 0 bridgehead atoms. The normalized spacial score (nSPS) is 10.7. The molecule has 0 aliphatic carbocycles. The lowest BCUT2D eigenvalue weighted by atomic mass is 10.0. The number of nitrogens with two attached hydrogens (primary N) is 1. The van der Waals surface area contributed by atoms with Crippen LogP contribution in [0.2, 0.25) is 10.0 Å². The van der Waals surface area contributed by atoms with Crippen LogP contribution in [-0.2, 0) is 11.3 Å². The quantitative estimate of drug-likeness (QED) is 0.369. The van der Waals surface area contributed by atoms with Crippen LogP contribution in [0.3, 0.4) is 0 Å². The number of carbonyl (C=O) groups is 3. The minimum absolute atomic E-state index is 0.0662. The van der Waals surface area contributed by atoms with E-state index in [2.05, 4.69) is 16.9 Å². The number of anilines is 1. The lowest BCUT2D eigenvalue weighted by Gasteiger charge is -2.20. The van der Waals surface area contributed by atoms with Crippen molar-refractivity contribution in [1.29, 1.82) is 0 Å². The maximum Gasteiger partial charge on any atom is 0.352 e. The van der Waals surface area contributed by atoms with Crippen molar-refractivity contribution < 1.29 is 19.5 Å². The maximum atomic E-state index is 13.1. The van der Waals surface area contributed by atoms with Gasteiger partial charge in [-0.15, -0.1) is 0 Å². The number of hydrogen-bond acceptors (Lipinski definition) is 3. The number of urea groups is 1. The summed E-state index contributed by atoms with van der Waals surface area (Å²) in [6, 6.07) is 9.28. The minimum Gasteiger partial charge on any atom is -0.477 e. The Balaban J connectivity index is 1.99. The molecule has 3 aromatic rings. The molecule has 8 nitrogen and oxygen atoms in total. The van der Waals surface area contributed by atoms with Crippen LogP contribution in [0.5, 0.6) is 0 Å². The van der Waals surface area contributed by atoms with Crippen molar-refractivity contribution in [3.8, 4) is 0 Å². The van der Waals surface area contributed by atoms with Crippen LogP contribution >= 0.6 is 23.2 Å². The van der Waals surface area contributed by atoms with Crippen LogP contribution < -0.4 is 11.1 Å². The molecule has 0 fully saturated rings. The van der Waals surface area contributed by atoms with E-state index in [1.54, 1.807) is 31.2 Å². The van der Waals surface area contributed by atoms with Crippen molar-refractivity contribution in [3.05, 3.63) is 69.8 Å². The summed E-state index contributed by atoms with van der Waals surface area (Å²) in [6.45, 7) is 6.18. The Morgan fingerprint density at radius 1 is 1.22 bits per heavy atom. The minimum atomic E-state index is -1.28. The Morgan fingerprint density at radius 3 is 2.53 bits per heavy atom. The van der Waals surface area contributed by atoms with E-state index in [4.69, 9.17) is 28.9 Å². The molecular formula is C22H20Cl2N4O4. The second-order valence-electron chi connectivity index (χ2n) is 6.93. The number of aromatic carboxylic acids is 1. The third-order valence-electron chi connectivity index (χ3n) is 4.92. The van der Waals surface area contributed by atoms with Gasteiger partial charge in [0.1, 0.15) is 5.69 Å². The maximum absolute atomic E-state index is 13.1. The highest BCUT2D eigenvalue weighted by Gasteiger charge is 2.25. The summed E-state index contributed by atoms with van der Waals surface area (Å²) in [5.74, 6) is -1.91. The molecule has 3 amide bonds. The van der Waals surface area contributed by atoms with Gasteiger partial charge in [0.2, 0.25) is 0 Å². The summed E-state index contributed by atoms with van der Waals surface area (Å²) in [7, 11) is 0. The fraction of sp³-hybridized carbons (Fsp3) is 0.136. The average molecular weight is 475 g/mol. The molecule has 32 heavy (non-hydrogen) atoms. The smallest absolute Gasteiger partial charge is 0.352 e. The molecule has 2 aromatic carbocycles. The van der Waals surface area contributed by atoms with Crippen molar-refractivity contribution in [2.24, 2.45) is 5.73 Å². The standard InChI is InChI=1S/C22H20Cl2N4O4/c1-3-28(22(25)32)10-12-6-4-5-7-15(12)27-20(29)11(2)17-18-14(24)8-13(23)9-16(18)26-19(17)21(30)31/h4-9,26H,2-3,10H2,1H3,(H2,25,32)(H,27,29)(H,30,31). The van der Waals surface area contributed by atoms with Gasteiger partial charge < -0.3 is 26.0 Å². The van der Waals surface area contributed by atoms with E-state index in [0.717, 1.165) is 0 Å². The third-order valence-corrected chi connectivity index (χ3v) is 5.44. The van der Waals surface area contributed by atoms with Gasteiger partial charge >= 0.3 is 12.0 Å². The van der Waals surface area contributed by atoms with Gasteiger partial charge in [0, 0.05) is 45.8 Å². The summed E-state index contributed by atoms with van der Waals surface area (Å²) in [5.41, 5.74) is 6.57. The van der Waals surface area contributed by atoms with Crippen LogP contribution in [0.1, 0.15) is 28.5 Å². The third kappa shape index (κ3) is 4.56. The first-order valence-corrected chi connectivity index (χ1v) is 10.3. The molecule has 0 saturated heterocycles. The largest absolute Gasteiger partial charge is 0.477 e. The van der Waals surface area contributed by atoms with Crippen molar-refractivity contribution in [3.63, 3.8) is 0 Å². The van der Waals surface area contributed by atoms with Crippen molar-refractivity contribution >= 4 is 63.3 Å². The fourth-order valence-corrected chi connectivity index (χ4v) is 3.94. The second-order valence-corrected chi connectivity index (χ2v) is 7.78. The summed E-state index contributed by atoms with van der Waals surface area (Å²) in [5, 5.41) is 13.2. The number of halogens is 2. The molecule has 0 unspecified atom stereocenters. The molecule has 0 aliphatic rings. The van der Waals surface area contributed by atoms with Crippen molar-refractivity contribution in [1.82, 2.24) is 9.88 Å². The van der Waals surface area contributed by atoms with Crippen LogP contribution in [0.25, 0.3) is 16.5 Å². The number of rotatable bonds is 7. The van der Waals surface area contributed by atoms with Gasteiger partial charge in [0.15, 0.2) is 0 Å². The van der Waals surface area contributed by atoms with E-state index in [9.17, 15) is 19.5 Å². The molecule has 0 aliphatic heterocycles. The number of aromatic amines is 1. The van der Waals surface area contributed by atoms with Gasteiger partial charge in [0.25, 0.3) is 5.91 Å². The van der Waals surface area contributed by atoms with E-state index in [-0.39, 0.29) is 28.4 Å². The number of hydrogen-bond donors (Lipinski definition) is 4. The highest BCUT2D eigenvalue weighted by atomic mass is 35.5. The van der Waals surface area contributed by atoms with E-state index in [0.29, 0.717) is 33.7 Å².